The van der Waals surface area contributed by atoms with Crippen molar-refractivity contribution in [3.63, 3.8) is 0 Å². The van der Waals surface area contributed by atoms with Crippen molar-refractivity contribution in [1.82, 2.24) is 9.80 Å². The largest absolute Gasteiger partial charge is 0.502 e. The topological polar surface area (TPSA) is 104 Å². The molecule has 0 bridgehead atoms. The first-order chi connectivity index (χ1) is 10.2. The molecule has 0 unspecified atom stereocenters. The van der Waals surface area contributed by atoms with Gasteiger partial charge in [-0.05, 0) is 29.9 Å². The van der Waals surface area contributed by atoms with Crippen LogP contribution in [-0.4, -0.2) is 50.9 Å². The Morgan fingerprint density at radius 2 is 1.77 bits per heavy atom. The van der Waals surface area contributed by atoms with Gasteiger partial charge in [-0.2, -0.15) is 0 Å². The lowest BCUT2D eigenvalue weighted by atomic mass is 10.1. The molecule has 2 amide bonds. The summed E-state index contributed by atoms with van der Waals surface area (Å²) in [6.45, 7) is 0. The Hall–Kier alpha value is -2.81. The number of hydrogen-bond acceptors (Lipinski definition) is 6. The molecule has 114 valence electrons. The molecule has 0 radical (unpaired) electrons. The van der Waals surface area contributed by atoms with E-state index in [9.17, 15) is 24.8 Å². The molecule has 22 heavy (non-hydrogen) atoms. The minimum absolute atomic E-state index is 0.0730. The Bertz CT molecular complexity index is 717. The number of likely N-dealkylation sites (N-methyl/N-ethyl adjacent to an activating group) is 2. The second kappa shape index (κ2) is 5.53. The highest BCUT2D eigenvalue weighted by Crippen LogP contribution is 2.28. The molecule has 1 aromatic carbocycles. The average Bonchev–Trinajstić information content (AvgIpc) is 2.49. The number of nitro benzene ring substituents is 1. The number of hydrogen-bond donors (Lipinski definition) is 1. The van der Waals surface area contributed by atoms with Crippen LogP contribution in [0.15, 0.2) is 23.8 Å². The number of nitrogens with zero attached hydrogens (tertiary/aromatic N) is 3. The molecule has 1 N–H and O–H groups in total. The van der Waals surface area contributed by atoms with E-state index in [1.165, 1.54) is 26.2 Å². The molecule has 0 aromatic heterocycles. The minimum Gasteiger partial charge on any atom is -0.502 e. The number of rotatable bonds is 2. The molecular formula is C13H11N3O5S. The predicted molar refractivity (Wildman–Crippen MR) is 80.9 cm³/mol. The number of phenolic OH excluding ortho intramolecular Hbond substituents is 1. The molecule has 9 heteroatoms. The van der Waals surface area contributed by atoms with Crippen molar-refractivity contribution in [2.45, 2.75) is 0 Å². The lowest BCUT2D eigenvalue weighted by Gasteiger charge is -2.31. The van der Waals surface area contributed by atoms with Crippen LogP contribution < -0.4 is 0 Å². The Morgan fingerprint density at radius 3 is 2.27 bits per heavy atom. The maximum absolute atomic E-state index is 12.1. The first-order valence-electron chi connectivity index (χ1n) is 6.03. The fourth-order valence-corrected chi connectivity index (χ4v) is 2.08. The quantitative estimate of drug-likeness (QED) is 0.285. The third-order valence-corrected chi connectivity index (χ3v) is 3.70. The van der Waals surface area contributed by atoms with Gasteiger partial charge in [0.05, 0.1) is 4.92 Å². The van der Waals surface area contributed by atoms with Crippen molar-refractivity contribution in [2.24, 2.45) is 0 Å². The molecule has 2 rings (SSSR count). The van der Waals surface area contributed by atoms with E-state index in [1.54, 1.807) is 0 Å². The van der Waals surface area contributed by atoms with Gasteiger partial charge in [-0.15, -0.1) is 0 Å². The zero-order valence-electron chi connectivity index (χ0n) is 11.6. The maximum atomic E-state index is 12.1. The monoisotopic (exact) mass is 321 g/mol. The first kappa shape index (κ1) is 15.6. The van der Waals surface area contributed by atoms with E-state index < -0.39 is 28.2 Å². The van der Waals surface area contributed by atoms with Gasteiger partial charge in [-0.3, -0.25) is 29.5 Å². The molecule has 8 nitrogen and oxygen atoms in total. The van der Waals surface area contributed by atoms with Crippen LogP contribution in [0.25, 0.3) is 6.08 Å². The SMILES string of the molecule is CN1C(=O)C(=Cc2ccc(O)c([N+](=O)[O-])c2)C(=O)N(C)C1=S. The Balaban J connectivity index is 2.50. The number of amides is 2. The van der Waals surface area contributed by atoms with Crippen molar-refractivity contribution in [3.05, 3.63) is 39.4 Å². The molecule has 0 spiro atoms. The summed E-state index contributed by atoms with van der Waals surface area (Å²) in [6, 6.07) is 3.57. The smallest absolute Gasteiger partial charge is 0.311 e. The van der Waals surface area contributed by atoms with E-state index in [2.05, 4.69) is 0 Å². The Morgan fingerprint density at radius 1 is 1.23 bits per heavy atom. The summed E-state index contributed by atoms with van der Waals surface area (Å²) in [6.07, 6.45) is 1.23. The predicted octanol–water partition coefficient (Wildman–Crippen LogP) is 0.899. The molecule has 0 aliphatic carbocycles. The number of aromatic hydroxyl groups is 1. The summed E-state index contributed by atoms with van der Waals surface area (Å²) in [5.41, 5.74) is -0.434. The second-order valence-corrected chi connectivity index (χ2v) is 4.94. The normalized spacial score (nSPS) is 15.4. The minimum atomic E-state index is -0.755. The molecule has 0 atom stereocenters. The summed E-state index contributed by atoms with van der Waals surface area (Å²) >= 11 is 4.96. The maximum Gasteiger partial charge on any atom is 0.311 e. The fourth-order valence-electron chi connectivity index (χ4n) is 1.92. The van der Waals surface area contributed by atoms with Gasteiger partial charge >= 0.3 is 5.69 Å². The zero-order valence-corrected chi connectivity index (χ0v) is 12.5. The van der Waals surface area contributed by atoms with Crippen LogP contribution in [0.4, 0.5) is 5.69 Å². The lowest BCUT2D eigenvalue weighted by Crippen LogP contribution is -2.52. The van der Waals surface area contributed by atoms with Crippen molar-refractivity contribution >= 4 is 40.9 Å². The lowest BCUT2D eigenvalue weighted by molar-refractivity contribution is -0.385. The van der Waals surface area contributed by atoms with Crippen LogP contribution in [0.5, 0.6) is 5.75 Å². The van der Waals surface area contributed by atoms with E-state index in [1.807, 2.05) is 0 Å². The highest BCUT2D eigenvalue weighted by atomic mass is 32.1. The number of thiocarbonyl (C=S) groups is 1. The van der Waals surface area contributed by atoms with Crippen molar-refractivity contribution < 1.29 is 19.6 Å². The number of carbonyl (C=O) groups excluding carboxylic acids is 2. The van der Waals surface area contributed by atoms with Crippen LogP contribution in [-0.2, 0) is 9.59 Å². The van der Waals surface area contributed by atoms with Gasteiger partial charge in [-0.1, -0.05) is 6.07 Å². The number of carbonyl (C=O) groups is 2. The summed E-state index contributed by atoms with van der Waals surface area (Å²) in [5, 5.41) is 20.3. The summed E-state index contributed by atoms with van der Waals surface area (Å²) in [7, 11) is 2.86. The van der Waals surface area contributed by atoms with Gasteiger partial charge in [0.2, 0.25) is 0 Å². The van der Waals surface area contributed by atoms with Gasteiger partial charge in [0.1, 0.15) is 5.57 Å². The van der Waals surface area contributed by atoms with Crippen LogP contribution in [0, 0.1) is 10.1 Å². The van der Waals surface area contributed by atoms with E-state index in [0.717, 1.165) is 21.9 Å². The van der Waals surface area contributed by atoms with Crippen LogP contribution in [0.1, 0.15) is 5.56 Å². The van der Waals surface area contributed by atoms with E-state index in [0.29, 0.717) is 0 Å². The second-order valence-electron chi connectivity index (χ2n) is 4.57. The van der Waals surface area contributed by atoms with Crippen LogP contribution in [0.2, 0.25) is 0 Å². The molecular weight excluding hydrogens is 310 g/mol. The van der Waals surface area contributed by atoms with E-state index in [4.69, 9.17) is 12.2 Å². The van der Waals surface area contributed by atoms with Crippen molar-refractivity contribution in [2.75, 3.05) is 14.1 Å². The summed E-state index contributed by atoms with van der Waals surface area (Å²) in [5.74, 6) is -1.68. The number of nitro groups is 1. The molecule has 1 heterocycles. The Kier molecular flexibility index (Phi) is 3.91. The average molecular weight is 321 g/mol. The summed E-state index contributed by atoms with van der Waals surface area (Å²) in [4.78, 5) is 36.6. The van der Waals surface area contributed by atoms with Gasteiger partial charge in [0.15, 0.2) is 10.9 Å². The fraction of sp³-hybridized carbons (Fsp3) is 0.154. The highest BCUT2D eigenvalue weighted by molar-refractivity contribution is 7.80. The van der Waals surface area contributed by atoms with Crippen molar-refractivity contribution in [1.29, 1.82) is 0 Å². The molecule has 1 aromatic rings. The van der Waals surface area contributed by atoms with Gasteiger partial charge < -0.3 is 5.11 Å². The van der Waals surface area contributed by atoms with Gasteiger partial charge in [0.25, 0.3) is 11.8 Å². The standard InChI is InChI=1S/C13H11N3O5S/c1-14-11(18)8(12(19)15(2)13(14)22)5-7-3-4-10(17)9(6-7)16(20)21/h3-6,17H,1-2H3. The number of phenols is 1. The van der Waals surface area contributed by atoms with E-state index >= 15 is 0 Å². The van der Waals surface area contributed by atoms with Crippen LogP contribution >= 0.6 is 12.2 Å². The van der Waals surface area contributed by atoms with Crippen molar-refractivity contribution in [3.8, 4) is 5.75 Å². The highest BCUT2D eigenvalue weighted by Gasteiger charge is 2.35. The molecule has 1 aliphatic rings. The molecule has 0 saturated carbocycles. The molecule has 1 fully saturated rings. The molecule has 1 saturated heterocycles. The first-order valence-corrected chi connectivity index (χ1v) is 6.44. The third-order valence-electron chi connectivity index (χ3n) is 3.15. The zero-order chi connectivity index (χ0) is 16.6. The Labute approximate surface area is 130 Å². The van der Waals surface area contributed by atoms with Crippen LogP contribution in [0.3, 0.4) is 0 Å². The van der Waals surface area contributed by atoms with E-state index in [-0.39, 0.29) is 16.2 Å². The molecule has 1 aliphatic heterocycles. The summed E-state index contributed by atoms with van der Waals surface area (Å²) < 4.78 is 0. The number of benzene rings is 1. The van der Waals surface area contributed by atoms with Gasteiger partial charge in [-0.25, -0.2) is 0 Å². The third kappa shape index (κ3) is 2.53. The van der Waals surface area contributed by atoms with Gasteiger partial charge in [0, 0.05) is 20.2 Å².